The second-order valence-electron chi connectivity index (χ2n) is 4.37. The van der Waals surface area contributed by atoms with Crippen molar-refractivity contribution in [3.05, 3.63) is 22.4 Å². The highest BCUT2D eigenvalue weighted by molar-refractivity contribution is 7.09. The van der Waals surface area contributed by atoms with Gasteiger partial charge in [0.05, 0.1) is 5.54 Å². The molecule has 0 unspecified atom stereocenters. The van der Waals surface area contributed by atoms with Crippen molar-refractivity contribution in [3.63, 3.8) is 0 Å². The predicted octanol–water partition coefficient (Wildman–Crippen LogP) is 2.05. The van der Waals surface area contributed by atoms with Gasteiger partial charge in [-0.2, -0.15) is 0 Å². The van der Waals surface area contributed by atoms with Gasteiger partial charge in [0.15, 0.2) is 0 Å². The summed E-state index contributed by atoms with van der Waals surface area (Å²) >= 11 is 1.74. The molecular formula is C12H19ClN2OS. The average molecular weight is 275 g/mol. The van der Waals surface area contributed by atoms with Crippen LogP contribution in [0.1, 0.15) is 24.6 Å². The molecule has 0 atom stereocenters. The molecule has 1 aromatic rings. The Hall–Kier alpha value is -0.580. The number of amides is 1. The number of nitrogens with two attached hydrogens (primary N) is 1. The lowest BCUT2D eigenvalue weighted by molar-refractivity contribution is -0.133. The van der Waals surface area contributed by atoms with Gasteiger partial charge in [0.25, 0.3) is 0 Å². The summed E-state index contributed by atoms with van der Waals surface area (Å²) in [4.78, 5) is 15.2. The normalized spacial score (nSPS) is 16.1. The van der Waals surface area contributed by atoms with Crippen molar-refractivity contribution < 1.29 is 4.79 Å². The summed E-state index contributed by atoms with van der Waals surface area (Å²) in [6.07, 6.45) is 2.63. The summed E-state index contributed by atoms with van der Waals surface area (Å²) in [5.74, 6) is 0.131. The molecule has 0 spiro atoms. The average Bonchev–Trinajstić information content (AvgIpc) is 2.82. The maximum Gasteiger partial charge on any atom is 0.242 e. The van der Waals surface area contributed by atoms with Crippen LogP contribution in [0, 0.1) is 0 Å². The van der Waals surface area contributed by atoms with Gasteiger partial charge in [0, 0.05) is 18.0 Å². The summed E-state index contributed by atoms with van der Waals surface area (Å²) in [6, 6.07) is 4.15. The predicted molar refractivity (Wildman–Crippen MR) is 73.7 cm³/mol. The second kappa shape index (κ2) is 5.85. The van der Waals surface area contributed by atoms with Gasteiger partial charge in [-0.25, -0.2) is 0 Å². The zero-order valence-corrected chi connectivity index (χ0v) is 11.6. The lowest BCUT2D eigenvalue weighted by Crippen LogP contribution is -2.46. The molecule has 1 aromatic heterocycles. The second-order valence-corrected chi connectivity index (χ2v) is 5.40. The number of hydrogen-bond acceptors (Lipinski definition) is 3. The van der Waals surface area contributed by atoms with Crippen LogP contribution in [-0.4, -0.2) is 29.4 Å². The van der Waals surface area contributed by atoms with E-state index in [0.29, 0.717) is 0 Å². The van der Waals surface area contributed by atoms with E-state index in [0.717, 1.165) is 32.4 Å². The highest BCUT2D eigenvalue weighted by Gasteiger charge is 2.47. The summed E-state index contributed by atoms with van der Waals surface area (Å²) in [5.41, 5.74) is 5.40. The van der Waals surface area contributed by atoms with E-state index in [1.807, 2.05) is 17.9 Å². The van der Waals surface area contributed by atoms with Crippen LogP contribution in [0.25, 0.3) is 0 Å². The Labute approximate surface area is 112 Å². The molecule has 1 amide bonds. The van der Waals surface area contributed by atoms with Crippen molar-refractivity contribution in [1.82, 2.24) is 4.90 Å². The number of halogens is 1. The molecular weight excluding hydrogens is 256 g/mol. The molecule has 0 aromatic carbocycles. The van der Waals surface area contributed by atoms with E-state index in [4.69, 9.17) is 5.73 Å². The van der Waals surface area contributed by atoms with Crippen LogP contribution >= 0.6 is 23.7 Å². The topological polar surface area (TPSA) is 46.3 Å². The quantitative estimate of drug-likeness (QED) is 0.893. The van der Waals surface area contributed by atoms with E-state index < -0.39 is 5.54 Å². The van der Waals surface area contributed by atoms with Crippen molar-refractivity contribution in [1.29, 1.82) is 0 Å². The Morgan fingerprint density at radius 2 is 2.29 bits per heavy atom. The number of hydrogen-bond donors (Lipinski definition) is 1. The molecule has 1 saturated carbocycles. The molecule has 3 nitrogen and oxygen atoms in total. The zero-order chi connectivity index (χ0) is 11.6. The highest BCUT2D eigenvalue weighted by atomic mass is 35.5. The fourth-order valence-electron chi connectivity index (χ4n) is 1.77. The summed E-state index contributed by atoms with van der Waals surface area (Å²) in [7, 11) is 0. The number of nitrogens with zero attached hydrogens (tertiary/aromatic N) is 1. The molecule has 0 saturated heterocycles. The van der Waals surface area contributed by atoms with Crippen LogP contribution in [0.5, 0.6) is 0 Å². The Morgan fingerprint density at radius 1 is 1.59 bits per heavy atom. The number of carbonyl (C=O) groups excluding carboxylic acids is 1. The fraction of sp³-hybridized carbons (Fsp3) is 0.583. The monoisotopic (exact) mass is 274 g/mol. The lowest BCUT2D eigenvalue weighted by atomic mass is 10.2. The first-order chi connectivity index (χ1) is 7.65. The molecule has 1 aliphatic carbocycles. The number of thiophene rings is 1. The molecule has 1 fully saturated rings. The standard InChI is InChI=1S/C12H18N2OS.ClH/c1-2-14(11(15)12(13)6-7-12)8-5-10-4-3-9-16-10;/h3-4,9H,2,5-8,13H2,1H3;1H. The first-order valence-electron chi connectivity index (χ1n) is 5.76. The maximum absolute atomic E-state index is 12.0. The van der Waals surface area contributed by atoms with Gasteiger partial charge in [-0.3, -0.25) is 4.79 Å². The molecule has 96 valence electrons. The minimum absolute atomic E-state index is 0. The van der Waals surface area contributed by atoms with E-state index in [1.165, 1.54) is 4.88 Å². The van der Waals surface area contributed by atoms with Crippen molar-refractivity contribution >= 4 is 29.7 Å². The third kappa shape index (κ3) is 3.44. The smallest absolute Gasteiger partial charge is 0.242 e. The zero-order valence-electron chi connectivity index (χ0n) is 10.0. The Kier molecular flexibility index (Phi) is 4.98. The van der Waals surface area contributed by atoms with Gasteiger partial charge in [-0.1, -0.05) is 6.07 Å². The van der Waals surface area contributed by atoms with E-state index >= 15 is 0 Å². The lowest BCUT2D eigenvalue weighted by Gasteiger charge is -2.23. The SMILES string of the molecule is CCN(CCc1cccs1)C(=O)C1(N)CC1.Cl. The minimum Gasteiger partial charge on any atom is -0.341 e. The fourth-order valence-corrected chi connectivity index (χ4v) is 2.46. The molecule has 0 bridgehead atoms. The highest BCUT2D eigenvalue weighted by Crippen LogP contribution is 2.34. The van der Waals surface area contributed by atoms with Crippen molar-refractivity contribution in [2.45, 2.75) is 31.7 Å². The van der Waals surface area contributed by atoms with E-state index in [1.54, 1.807) is 11.3 Å². The van der Waals surface area contributed by atoms with Gasteiger partial charge in [0.1, 0.15) is 0 Å². The van der Waals surface area contributed by atoms with Crippen LogP contribution in [0.2, 0.25) is 0 Å². The number of carbonyl (C=O) groups is 1. The molecule has 5 heteroatoms. The van der Waals surface area contributed by atoms with Crippen LogP contribution in [-0.2, 0) is 11.2 Å². The van der Waals surface area contributed by atoms with Crippen LogP contribution in [0.15, 0.2) is 17.5 Å². The summed E-state index contributed by atoms with van der Waals surface area (Å²) in [5, 5.41) is 2.07. The first-order valence-corrected chi connectivity index (χ1v) is 6.64. The van der Waals surface area contributed by atoms with Gasteiger partial charge in [-0.05, 0) is 37.6 Å². The Bertz CT molecular complexity index is 363. The minimum atomic E-state index is -0.522. The van der Waals surface area contributed by atoms with Gasteiger partial charge >= 0.3 is 0 Å². The van der Waals surface area contributed by atoms with Gasteiger partial charge in [0.2, 0.25) is 5.91 Å². The number of likely N-dealkylation sites (N-methyl/N-ethyl adjacent to an activating group) is 1. The van der Waals surface area contributed by atoms with Crippen molar-refractivity contribution in [3.8, 4) is 0 Å². The van der Waals surface area contributed by atoms with Crippen molar-refractivity contribution in [2.75, 3.05) is 13.1 Å². The van der Waals surface area contributed by atoms with Crippen LogP contribution < -0.4 is 5.73 Å². The molecule has 17 heavy (non-hydrogen) atoms. The largest absolute Gasteiger partial charge is 0.341 e. The summed E-state index contributed by atoms with van der Waals surface area (Å²) < 4.78 is 0. The molecule has 2 rings (SSSR count). The van der Waals surface area contributed by atoms with E-state index in [9.17, 15) is 4.79 Å². The third-order valence-electron chi connectivity index (χ3n) is 3.09. The Morgan fingerprint density at radius 3 is 2.76 bits per heavy atom. The van der Waals surface area contributed by atoms with E-state index in [2.05, 4.69) is 11.4 Å². The molecule has 0 aliphatic heterocycles. The first kappa shape index (κ1) is 14.5. The maximum atomic E-state index is 12.0. The molecule has 2 N–H and O–H groups in total. The van der Waals surface area contributed by atoms with E-state index in [-0.39, 0.29) is 18.3 Å². The molecule has 1 heterocycles. The summed E-state index contributed by atoms with van der Waals surface area (Å²) in [6.45, 7) is 3.55. The Balaban J connectivity index is 0.00000144. The third-order valence-corrected chi connectivity index (χ3v) is 4.03. The molecule has 1 aliphatic rings. The van der Waals surface area contributed by atoms with Gasteiger partial charge in [-0.15, -0.1) is 23.7 Å². The number of rotatable bonds is 5. The molecule has 0 radical (unpaired) electrons. The van der Waals surface area contributed by atoms with Crippen LogP contribution in [0.4, 0.5) is 0 Å². The van der Waals surface area contributed by atoms with Crippen LogP contribution in [0.3, 0.4) is 0 Å². The van der Waals surface area contributed by atoms with Gasteiger partial charge < -0.3 is 10.6 Å². The van der Waals surface area contributed by atoms with Crippen molar-refractivity contribution in [2.24, 2.45) is 5.73 Å².